The Hall–Kier alpha value is -2.39. The first kappa shape index (κ1) is 18.0. The Morgan fingerprint density at radius 2 is 2.08 bits per heavy atom. The number of isocyanates is 1. The minimum Gasteiger partial charge on any atom is -0.443 e. The van der Waals surface area contributed by atoms with Crippen molar-refractivity contribution in [3.05, 3.63) is 41.6 Å². The van der Waals surface area contributed by atoms with E-state index in [9.17, 15) is 9.59 Å². The molecule has 1 aromatic rings. The zero-order valence-corrected chi connectivity index (χ0v) is 14.9. The molecule has 2 atom stereocenters. The summed E-state index contributed by atoms with van der Waals surface area (Å²) in [5, 5.41) is 0. The summed E-state index contributed by atoms with van der Waals surface area (Å²) in [6.07, 6.45) is 3.88. The van der Waals surface area contributed by atoms with Crippen molar-refractivity contribution in [3.8, 4) is 0 Å². The molecule has 2 unspecified atom stereocenters. The van der Waals surface area contributed by atoms with Gasteiger partial charge in [0.2, 0.25) is 6.08 Å². The van der Waals surface area contributed by atoms with E-state index in [4.69, 9.17) is 4.74 Å². The Kier molecular flexibility index (Phi) is 5.25. The summed E-state index contributed by atoms with van der Waals surface area (Å²) >= 11 is 0. The fraction of sp³-hybridized carbons (Fsp3) is 0.474. The van der Waals surface area contributed by atoms with Crippen LogP contribution >= 0.6 is 0 Å². The number of hydrogen-bond donors (Lipinski definition) is 0. The second kappa shape index (κ2) is 7.02. The highest BCUT2D eigenvalue weighted by molar-refractivity contribution is 5.71. The van der Waals surface area contributed by atoms with E-state index < -0.39 is 5.60 Å². The van der Waals surface area contributed by atoms with Gasteiger partial charge in [-0.1, -0.05) is 17.7 Å². The van der Waals surface area contributed by atoms with Gasteiger partial charge in [-0.2, -0.15) is 4.99 Å². The van der Waals surface area contributed by atoms with Crippen LogP contribution < -0.4 is 0 Å². The second-order valence-electron chi connectivity index (χ2n) is 7.18. The van der Waals surface area contributed by atoms with Gasteiger partial charge in [-0.3, -0.25) is 4.90 Å². The Labute approximate surface area is 143 Å². The smallest absolute Gasteiger partial charge is 0.414 e. The van der Waals surface area contributed by atoms with Crippen LogP contribution in [0.5, 0.6) is 0 Å². The van der Waals surface area contributed by atoms with E-state index in [1.807, 2.05) is 59.0 Å². The van der Waals surface area contributed by atoms with Gasteiger partial charge in [0.05, 0.1) is 5.69 Å². The second-order valence-corrected chi connectivity index (χ2v) is 7.18. The van der Waals surface area contributed by atoms with Gasteiger partial charge >= 0.3 is 6.09 Å². The first-order valence-electron chi connectivity index (χ1n) is 8.07. The molecule has 0 saturated heterocycles. The lowest BCUT2D eigenvalue weighted by molar-refractivity contribution is 0.0277. The summed E-state index contributed by atoms with van der Waals surface area (Å²) in [5.74, 6) is 0.202. The van der Waals surface area contributed by atoms with Crippen LogP contribution in [0, 0.1) is 5.92 Å². The molecule has 0 radical (unpaired) electrons. The van der Waals surface area contributed by atoms with Crippen LogP contribution in [-0.2, 0) is 16.0 Å². The number of amides is 1. The lowest BCUT2D eigenvalue weighted by Crippen LogP contribution is -2.39. The largest absolute Gasteiger partial charge is 0.443 e. The van der Waals surface area contributed by atoms with Crippen molar-refractivity contribution in [2.45, 2.75) is 52.7 Å². The topological polar surface area (TPSA) is 59.0 Å². The van der Waals surface area contributed by atoms with Crippen molar-refractivity contribution in [1.82, 2.24) is 4.90 Å². The summed E-state index contributed by atoms with van der Waals surface area (Å²) in [6, 6.07) is 7.52. The van der Waals surface area contributed by atoms with Crippen molar-refractivity contribution in [3.63, 3.8) is 0 Å². The summed E-state index contributed by atoms with van der Waals surface area (Å²) in [7, 11) is 0. The van der Waals surface area contributed by atoms with Gasteiger partial charge in [0.15, 0.2) is 0 Å². The summed E-state index contributed by atoms with van der Waals surface area (Å²) in [4.78, 5) is 28.1. The molecule has 1 aliphatic rings. The summed E-state index contributed by atoms with van der Waals surface area (Å²) in [5.41, 5.74) is 2.29. The molecule has 0 aromatic heterocycles. The van der Waals surface area contributed by atoms with Crippen molar-refractivity contribution in [1.29, 1.82) is 0 Å². The van der Waals surface area contributed by atoms with E-state index in [2.05, 4.69) is 4.99 Å². The zero-order chi connectivity index (χ0) is 17.9. The first-order chi connectivity index (χ1) is 11.2. The maximum atomic E-state index is 12.4. The molecule has 0 saturated carbocycles. The average molecular weight is 328 g/mol. The third kappa shape index (κ3) is 4.33. The molecular weight excluding hydrogens is 304 g/mol. The molecule has 0 bridgehead atoms. The molecule has 0 N–H and O–H groups in total. The van der Waals surface area contributed by atoms with Crippen LogP contribution in [0.3, 0.4) is 0 Å². The van der Waals surface area contributed by atoms with Crippen molar-refractivity contribution < 1.29 is 14.3 Å². The van der Waals surface area contributed by atoms with Crippen LogP contribution in [0.1, 0.15) is 40.2 Å². The van der Waals surface area contributed by atoms with Crippen LogP contribution in [0.15, 0.2) is 41.0 Å². The number of ether oxygens (including phenoxy) is 1. The Bertz CT molecular complexity index is 697. The SMILES string of the molecule is CC1=CN(C(=O)OC(C)(C)C)C(C)C1Cc1cccc(N=C=O)c1. The van der Waals surface area contributed by atoms with Gasteiger partial charge in [0, 0.05) is 18.2 Å². The molecule has 5 heteroatoms. The fourth-order valence-corrected chi connectivity index (χ4v) is 2.93. The maximum Gasteiger partial charge on any atom is 0.414 e. The average Bonchev–Trinajstić information content (AvgIpc) is 2.75. The summed E-state index contributed by atoms with van der Waals surface area (Å²) in [6.45, 7) is 9.63. The van der Waals surface area contributed by atoms with Crippen molar-refractivity contribution in [2.75, 3.05) is 0 Å². The van der Waals surface area contributed by atoms with E-state index in [0.717, 1.165) is 17.6 Å². The highest BCUT2D eigenvalue weighted by Crippen LogP contribution is 2.32. The predicted octanol–water partition coefficient (Wildman–Crippen LogP) is 4.36. The van der Waals surface area contributed by atoms with Gasteiger partial charge in [-0.05, 0) is 58.7 Å². The molecule has 0 aliphatic carbocycles. The van der Waals surface area contributed by atoms with Crippen LogP contribution in [0.25, 0.3) is 0 Å². The minimum absolute atomic E-state index is 0.0121. The van der Waals surface area contributed by atoms with E-state index in [0.29, 0.717) is 5.69 Å². The monoisotopic (exact) mass is 328 g/mol. The number of carbonyl (C=O) groups excluding carboxylic acids is 2. The van der Waals surface area contributed by atoms with Gasteiger partial charge in [0.1, 0.15) is 5.60 Å². The molecular formula is C19H24N2O3. The third-order valence-corrected chi connectivity index (χ3v) is 4.09. The highest BCUT2D eigenvalue weighted by atomic mass is 16.6. The quantitative estimate of drug-likeness (QED) is 0.612. The number of aliphatic imine (C=N–C) groups is 1. The molecule has 128 valence electrons. The Morgan fingerprint density at radius 1 is 1.38 bits per heavy atom. The summed E-state index contributed by atoms with van der Waals surface area (Å²) < 4.78 is 5.47. The van der Waals surface area contributed by atoms with Crippen LogP contribution in [0.4, 0.5) is 10.5 Å². The Balaban J connectivity index is 2.13. The van der Waals surface area contributed by atoms with E-state index in [1.54, 1.807) is 17.0 Å². The van der Waals surface area contributed by atoms with Crippen LogP contribution in [-0.4, -0.2) is 28.7 Å². The van der Waals surface area contributed by atoms with Gasteiger partial charge in [-0.15, -0.1) is 0 Å². The molecule has 0 fully saturated rings. The van der Waals surface area contributed by atoms with Crippen LogP contribution in [0.2, 0.25) is 0 Å². The molecule has 0 spiro atoms. The highest BCUT2D eigenvalue weighted by Gasteiger charge is 2.35. The lowest BCUT2D eigenvalue weighted by atomic mass is 9.89. The Morgan fingerprint density at radius 3 is 2.71 bits per heavy atom. The molecule has 1 heterocycles. The fourth-order valence-electron chi connectivity index (χ4n) is 2.93. The molecule has 1 aromatic carbocycles. The van der Waals surface area contributed by atoms with Gasteiger partial charge in [-0.25, -0.2) is 9.59 Å². The maximum absolute atomic E-state index is 12.4. The minimum atomic E-state index is -0.516. The molecule has 2 rings (SSSR count). The molecule has 1 amide bonds. The standard InChI is InChI=1S/C19H24N2O3/c1-13-11-21(18(23)24-19(3,4)5)14(2)17(13)10-15-7-6-8-16(9-15)20-12-22/h6-9,11,14,17H,10H2,1-5H3. The van der Waals surface area contributed by atoms with Gasteiger partial charge < -0.3 is 4.74 Å². The normalized spacial score (nSPS) is 20.4. The third-order valence-electron chi connectivity index (χ3n) is 4.09. The van der Waals surface area contributed by atoms with Gasteiger partial charge in [0.25, 0.3) is 0 Å². The van der Waals surface area contributed by atoms with Crippen molar-refractivity contribution in [2.24, 2.45) is 10.9 Å². The molecule has 24 heavy (non-hydrogen) atoms. The van der Waals surface area contributed by atoms with E-state index in [1.165, 1.54) is 0 Å². The van der Waals surface area contributed by atoms with E-state index in [-0.39, 0.29) is 18.1 Å². The number of hydrogen-bond acceptors (Lipinski definition) is 4. The first-order valence-corrected chi connectivity index (χ1v) is 8.07. The molecule has 1 aliphatic heterocycles. The van der Waals surface area contributed by atoms with Crippen molar-refractivity contribution >= 4 is 17.9 Å². The number of nitrogens with zero attached hydrogens (tertiary/aromatic N) is 2. The zero-order valence-electron chi connectivity index (χ0n) is 14.9. The number of rotatable bonds is 3. The number of benzene rings is 1. The number of carbonyl (C=O) groups is 1. The predicted molar refractivity (Wildman–Crippen MR) is 92.7 cm³/mol. The van der Waals surface area contributed by atoms with E-state index >= 15 is 0 Å². The molecule has 5 nitrogen and oxygen atoms in total. The lowest BCUT2D eigenvalue weighted by Gasteiger charge is -2.28.